The van der Waals surface area contributed by atoms with Crippen molar-refractivity contribution in [1.82, 2.24) is 9.97 Å². The number of thioether (sulfide) groups is 1. The predicted molar refractivity (Wildman–Crippen MR) is 118 cm³/mol. The third kappa shape index (κ3) is 4.44. The second-order valence-corrected chi connectivity index (χ2v) is 9.83. The molecule has 3 rings (SSSR count). The van der Waals surface area contributed by atoms with Crippen molar-refractivity contribution in [2.75, 3.05) is 5.32 Å². The van der Waals surface area contributed by atoms with Gasteiger partial charge >= 0.3 is 0 Å². The summed E-state index contributed by atoms with van der Waals surface area (Å²) in [7, 11) is 0. The minimum atomic E-state index is -0.281. The molecule has 1 unspecified atom stereocenters. The lowest BCUT2D eigenvalue weighted by atomic mass is 10.2. The highest BCUT2D eigenvalue weighted by molar-refractivity contribution is 9.10. The summed E-state index contributed by atoms with van der Waals surface area (Å²) in [6.45, 7) is 7.74. The highest BCUT2D eigenvalue weighted by Crippen LogP contribution is 2.27. The smallest absolute Gasteiger partial charge is 0.259 e. The molecule has 0 spiro atoms. The highest BCUT2D eigenvalue weighted by Gasteiger charge is 2.17. The number of benzene rings is 1. The van der Waals surface area contributed by atoms with E-state index in [1.54, 1.807) is 0 Å². The summed E-state index contributed by atoms with van der Waals surface area (Å²) in [6.07, 6.45) is 0. The predicted octanol–water partition coefficient (Wildman–Crippen LogP) is 4.93. The molecule has 5 nitrogen and oxygen atoms in total. The van der Waals surface area contributed by atoms with E-state index in [2.05, 4.69) is 31.2 Å². The molecule has 0 aliphatic carbocycles. The number of rotatable bonds is 5. The van der Waals surface area contributed by atoms with Gasteiger partial charge in [0.2, 0.25) is 5.91 Å². The second-order valence-electron chi connectivity index (χ2n) is 6.38. The van der Waals surface area contributed by atoms with Crippen LogP contribution in [0.5, 0.6) is 0 Å². The van der Waals surface area contributed by atoms with Crippen LogP contribution in [-0.4, -0.2) is 21.1 Å². The number of fused-ring (bicyclic) bond motifs is 1. The molecule has 27 heavy (non-hydrogen) atoms. The number of hydrogen-bond acceptors (Lipinski definition) is 5. The Morgan fingerprint density at radius 1 is 1.37 bits per heavy atom. The Morgan fingerprint density at radius 3 is 2.85 bits per heavy atom. The number of H-pyrrole nitrogens is 1. The number of thiophene rings is 1. The number of aryl methyl sites for hydroxylation is 3. The molecule has 0 fully saturated rings. The first-order chi connectivity index (χ1) is 12.8. The van der Waals surface area contributed by atoms with Crippen LogP contribution in [0.4, 0.5) is 5.69 Å². The van der Waals surface area contributed by atoms with Crippen molar-refractivity contribution in [2.24, 2.45) is 0 Å². The van der Waals surface area contributed by atoms with Gasteiger partial charge in [0.1, 0.15) is 10.7 Å². The molecular formula is C19H20BrN3O2S2. The standard InChI is InChI=1S/C19H20BrN3O2S2/c1-9-5-6-13(20)7-14(9)21-17(24)12(4)26-8-15-22-18(25)16-10(2)11(3)27-19(16)23-15/h5-7,12H,8H2,1-4H3,(H,21,24)(H,22,23,25). The maximum absolute atomic E-state index is 12.5. The zero-order chi connectivity index (χ0) is 19.7. The zero-order valence-electron chi connectivity index (χ0n) is 15.5. The minimum Gasteiger partial charge on any atom is -0.325 e. The third-order valence-electron chi connectivity index (χ3n) is 4.38. The molecule has 2 aromatic heterocycles. The molecule has 0 aliphatic heterocycles. The molecule has 0 aliphatic rings. The lowest BCUT2D eigenvalue weighted by Gasteiger charge is -2.13. The van der Waals surface area contributed by atoms with Gasteiger partial charge in [0.25, 0.3) is 5.56 Å². The molecule has 8 heteroatoms. The zero-order valence-corrected chi connectivity index (χ0v) is 18.7. The van der Waals surface area contributed by atoms with Crippen molar-refractivity contribution in [3.05, 3.63) is 54.9 Å². The van der Waals surface area contributed by atoms with Gasteiger partial charge in [-0.25, -0.2) is 4.98 Å². The van der Waals surface area contributed by atoms with Crippen molar-refractivity contribution in [3.63, 3.8) is 0 Å². The fourth-order valence-corrected chi connectivity index (χ4v) is 4.78. The first-order valence-electron chi connectivity index (χ1n) is 8.43. The Kier molecular flexibility index (Phi) is 6.08. The van der Waals surface area contributed by atoms with Crippen molar-refractivity contribution >= 4 is 60.8 Å². The molecule has 0 bridgehead atoms. The Bertz CT molecular complexity index is 1070. The Hall–Kier alpha value is -1.64. The van der Waals surface area contributed by atoms with Crippen molar-refractivity contribution < 1.29 is 4.79 Å². The number of nitrogens with one attached hydrogen (secondary N) is 2. The quantitative estimate of drug-likeness (QED) is 0.559. The van der Waals surface area contributed by atoms with Crippen LogP contribution in [0.25, 0.3) is 10.2 Å². The summed E-state index contributed by atoms with van der Waals surface area (Å²) in [6, 6.07) is 5.78. The summed E-state index contributed by atoms with van der Waals surface area (Å²) in [5.74, 6) is 0.984. The van der Waals surface area contributed by atoms with E-state index in [1.807, 2.05) is 45.9 Å². The van der Waals surface area contributed by atoms with E-state index in [0.717, 1.165) is 31.0 Å². The maximum atomic E-state index is 12.5. The van der Waals surface area contributed by atoms with Gasteiger partial charge in [0, 0.05) is 15.0 Å². The summed E-state index contributed by atoms with van der Waals surface area (Å²) >= 11 is 6.39. The number of halogens is 1. The average molecular weight is 466 g/mol. The van der Waals surface area contributed by atoms with Crippen LogP contribution in [0.1, 0.15) is 28.8 Å². The lowest BCUT2D eigenvalue weighted by Crippen LogP contribution is -2.23. The molecule has 3 aromatic rings. The van der Waals surface area contributed by atoms with Gasteiger partial charge in [-0.15, -0.1) is 23.1 Å². The van der Waals surface area contributed by atoms with E-state index < -0.39 is 0 Å². The normalized spacial score (nSPS) is 12.3. The molecule has 1 amide bonds. The fraction of sp³-hybridized carbons (Fsp3) is 0.316. The van der Waals surface area contributed by atoms with E-state index in [9.17, 15) is 9.59 Å². The number of carbonyl (C=O) groups excluding carboxylic acids is 1. The summed E-state index contributed by atoms with van der Waals surface area (Å²) in [4.78, 5) is 34.1. The monoisotopic (exact) mass is 465 g/mol. The summed E-state index contributed by atoms with van der Waals surface area (Å²) in [5.41, 5.74) is 2.67. The van der Waals surface area contributed by atoms with Gasteiger partial charge in [-0.3, -0.25) is 9.59 Å². The topological polar surface area (TPSA) is 74.8 Å². The van der Waals surface area contributed by atoms with Crippen LogP contribution in [-0.2, 0) is 10.5 Å². The number of nitrogens with zero attached hydrogens (tertiary/aromatic N) is 1. The van der Waals surface area contributed by atoms with Gasteiger partial charge < -0.3 is 10.3 Å². The van der Waals surface area contributed by atoms with E-state index in [4.69, 9.17) is 0 Å². The van der Waals surface area contributed by atoms with Gasteiger partial charge in [0.05, 0.1) is 16.4 Å². The molecule has 1 aromatic carbocycles. The molecule has 142 valence electrons. The number of aromatic nitrogens is 2. The van der Waals surface area contributed by atoms with Crippen LogP contribution < -0.4 is 10.9 Å². The van der Waals surface area contributed by atoms with Gasteiger partial charge in [-0.1, -0.05) is 22.0 Å². The van der Waals surface area contributed by atoms with Crippen molar-refractivity contribution in [2.45, 2.75) is 38.7 Å². The van der Waals surface area contributed by atoms with Gasteiger partial charge in [-0.2, -0.15) is 0 Å². The molecule has 2 N–H and O–H groups in total. The SMILES string of the molecule is Cc1ccc(Br)cc1NC(=O)C(C)SCc1nc2sc(C)c(C)c2c(=O)[nH]1. The number of hydrogen-bond donors (Lipinski definition) is 2. The van der Waals surface area contributed by atoms with Crippen LogP contribution in [0.2, 0.25) is 0 Å². The molecule has 0 radical (unpaired) electrons. The van der Waals surface area contributed by atoms with Gasteiger partial charge in [-0.05, 0) is 51.0 Å². The summed E-state index contributed by atoms with van der Waals surface area (Å²) in [5, 5.41) is 3.35. The number of aromatic amines is 1. The van der Waals surface area contributed by atoms with E-state index in [-0.39, 0.29) is 16.7 Å². The Morgan fingerprint density at radius 2 is 2.11 bits per heavy atom. The largest absolute Gasteiger partial charge is 0.325 e. The molecule has 2 heterocycles. The maximum Gasteiger partial charge on any atom is 0.259 e. The fourth-order valence-electron chi connectivity index (χ4n) is 2.61. The highest BCUT2D eigenvalue weighted by atomic mass is 79.9. The third-order valence-corrected chi connectivity index (χ3v) is 7.13. The van der Waals surface area contributed by atoms with Gasteiger partial charge in [0.15, 0.2) is 0 Å². The van der Waals surface area contributed by atoms with Crippen LogP contribution in [0.3, 0.4) is 0 Å². The Labute approximate surface area is 174 Å². The van der Waals surface area contributed by atoms with E-state index >= 15 is 0 Å². The molecule has 0 saturated heterocycles. The van der Waals surface area contributed by atoms with Crippen molar-refractivity contribution in [3.8, 4) is 0 Å². The summed E-state index contributed by atoms with van der Waals surface area (Å²) < 4.78 is 0.917. The van der Waals surface area contributed by atoms with Crippen molar-refractivity contribution in [1.29, 1.82) is 0 Å². The first kappa shape index (κ1) is 20.1. The molecule has 1 atom stereocenters. The lowest BCUT2D eigenvalue weighted by molar-refractivity contribution is -0.115. The van der Waals surface area contributed by atoms with E-state index in [0.29, 0.717) is 17.0 Å². The van der Waals surface area contributed by atoms with E-state index in [1.165, 1.54) is 23.1 Å². The molecular weight excluding hydrogens is 446 g/mol. The minimum absolute atomic E-state index is 0.0764. The average Bonchev–Trinajstić information content (AvgIpc) is 2.90. The number of amides is 1. The second kappa shape index (κ2) is 8.16. The number of anilines is 1. The van der Waals surface area contributed by atoms with Crippen LogP contribution in [0.15, 0.2) is 27.5 Å². The molecule has 0 saturated carbocycles. The first-order valence-corrected chi connectivity index (χ1v) is 11.1. The van der Waals surface area contributed by atoms with Crippen LogP contribution in [0, 0.1) is 20.8 Å². The number of carbonyl (C=O) groups is 1. The Balaban J connectivity index is 1.69. The van der Waals surface area contributed by atoms with Crippen LogP contribution >= 0.6 is 39.0 Å².